The minimum atomic E-state index is -0.125. The zero-order valence-corrected chi connectivity index (χ0v) is 53.7. The molecule has 18 aromatic rings. The van der Waals surface area contributed by atoms with Gasteiger partial charge in [0.25, 0.3) is 0 Å². The molecule has 20 rings (SSSR count). The highest BCUT2D eigenvalue weighted by molar-refractivity contribution is 8.00. The average Bonchev–Trinajstić information content (AvgIpc) is 1.33. The van der Waals surface area contributed by atoms with Crippen molar-refractivity contribution in [2.24, 2.45) is 0 Å². The minimum Gasteiger partial charge on any atom is -0.310 e. The van der Waals surface area contributed by atoms with Gasteiger partial charge in [-0.1, -0.05) is 272 Å². The average molecular weight is 1250 g/mol. The van der Waals surface area contributed by atoms with Crippen LogP contribution in [-0.4, -0.2) is 15.8 Å². The van der Waals surface area contributed by atoms with Crippen LogP contribution in [0, 0.1) is 0 Å². The third-order valence-corrected chi connectivity index (χ3v) is 22.5. The van der Waals surface area contributed by atoms with Gasteiger partial charge in [-0.3, -0.25) is 0 Å². The van der Waals surface area contributed by atoms with E-state index in [1.54, 1.807) is 0 Å². The van der Waals surface area contributed by atoms with E-state index in [-0.39, 0.29) is 6.71 Å². The van der Waals surface area contributed by atoms with Gasteiger partial charge in [0.1, 0.15) is 0 Å². The van der Waals surface area contributed by atoms with E-state index in [9.17, 15) is 0 Å². The Morgan fingerprint density at radius 1 is 0.271 bits per heavy atom. The number of aromatic nitrogens is 2. The summed E-state index contributed by atoms with van der Waals surface area (Å²) in [5.41, 5.74) is 28.2. The molecule has 0 fully saturated rings. The fourth-order valence-electron chi connectivity index (χ4n) is 15.9. The fraction of sp³-hybridized carbons (Fsp3) is 0. The van der Waals surface area contributed by atoms with E-state index in [0.717, 1.165) is 72.8 Å². The molecular formula is C90H56BN3S2. The van der Waals surface area contributed by atoms with E-state index in [4.69, 9.17) is 0 Å². The summed E-state index contributed by atoms with van der Waals surface area (Å²) in [4.78, 5) is 5.29. The Labute approximate surface area is 564 Å². The lowest BCUT2D eigenvalue weighted by Gasteiger charge is -2.42. The molecule has 446 valence electrons. The highest BCUT2D eigenvalue weighted by Crippen LogP contribution is 2.53. The summed E-state index contributed by atoms with van der Waals surface area (Å²) in [6, 6.07) is 127. The number of hydrogen-bond donors (Lipinski definition) is 0. The summed E-state index contributed by atoms with van der Waals surface area (Å²) in [6.45, 7) is -0.125. The number of para-hydroxylation sites is 3. The quantitative estimate of drug-likeness (QED) is 0.134. The molecule has 0 unspecified atom stereocenters. The number of thiophene rings is 1. The summed E-state index contributed by atoms with van der Waals surface area (Å²) in [5.74, 6) is 0. The largest absolute Gasteiger partial charge is 0.310 e. The lowest BCUT2D eigenvalue weighted by molar-refractivity contribution is 1.15. The Hall–Kier alpha value is -11.7. The highest BCUT2D eigenvalue weighted by Gasteiger charge is 2.44. The second kappa shape index (κ2) is 22.0. The number of fused-ring (bicyclic) bond motifs is 14. The molecule has 0 bridgehead atoms. The molecule has 0 spiro atoms. The molecule has 96 heavy (non-hydrogen) atoms. The molecular weight excluding hydrogens is 1200 g/mol. The number of benzene rings is 15. The van der Waals surface area contributed by atoms with Crippen molar-refractivity contribution in [2.45, 2.75) is 9.79 Å². The fourth-order valence-corrected chi connectivity index (χ4v) is 18.4. The predicted octanol–water partition coefficient (Wildman–Crippen LogP) is 23.0. The highest BCUT2D eigenvalue weighted by atomic mass is 32.2. The molecule has 0 saturated heterocycles. The van der Waals surface area contributed by atoms with Gasteiger partial charge in [-0.2, -0.15) is 0 Å². The lowest BCUT2D eigenvalue weighted by atomic mass is 9.34. The molecule has 0 aliphatic carbocycles. The van der Waals surface area contributed by atoms with Crippen molar-refractivity contribution >= 4 is 127 Å². The van der Waals surface area contributed by atoms with Crippen molar-refractivity contribution in [3.8, 4) is 78.1 Å². The summed E-state index contributed by atoms with van der Waals surface area (Å²) in [5, 5.41) is 7.53. The van der Waals surface area contributed by atoms with Crippen LogP contribution in [0.1, 0.15) is 0 Å². The molecule has 2 aliphatic rings. The van der Waals surface area contributed by atoms with E-state index in [0.29, 0.717) is 0 Å². The molecule has 3 aromatic heterocycles. The maximum Gasteiger partial charge on any atom is 0.249 e. The topological polar surface area (TPSA) is 13.1 Å². The number of hydrogen-bond acceptors (Lipinski definition) is 3. The van der Waals surface area contributed by atoms with Crippen molar-refractivity contribution in [1.29, 1.82) is 0 Å². The van der Waals surface area contributed by atoms with Crippen LogP contribution in [0.2, 0.25) is 0 Å². The maximum atomic E-state index is 2.71. The van der Waals surface area contributed by atoms with Crippen LogP contribution < -0.4 is 21.3 Å². The van der Waals surface area contributed by atoms with Crippen LogP contribution in [0.15, 0.2) is 350 Å². The van der Waals surface area contributed by atoms with Gasteiger partial charge in [-0.05, 0) is 151 Å². The normalized spacial score (nSPS) is 12.5. The zero-order chi connectivity index (χ0) is 63.0. The first-order chi connectivity index (χ1) is 47.6. The standard InChI is InChI=1S/C90H56BN3S2/c1-5-22-57(23-6-1)61-30-19-32-65(50-61)69-37-21-38-70(66-33-20-31-62(51-66)58-24-7-2-8-25-58)89(69)94-82-54-67(92-78-39-16-13-34-71(78)74-52-63(42-47-80(74)92)59-26-9-3-10-27-59)44-45-76(82)91-77-46-49-85-87(73-36-15-18-41-84(73)95-85)90(77)96-86-56-68(55-83(94)88(86)91)93-79-40-17-14-35-72(79)75-53-64(43-48-81(75)93)60-28-11-4-12-29-60/h1-56H. The van der Waals surface area contributed by atoms with E-state index in [2.05, 4.69) is 354 Å². The molecule has 0 atom stereocenters. The van der Waals surface area contributed by atoms with Crippen molar-refractivity contribution in [3.05, 3.63) is 340 Å². The summed E-state index contributed by atoms with van der Waals surface area (Å²) in [6.07, 6.45) is 0. The molecule has 15 aromatic carbocycles. The van der Waals surface area contributed by atoms with E-state index in [1.807, 2.05) is 23.1 Å². The second-order valence-electron chi connectivity index (χ2n) is 25.4. The Balaban J connectivity index is 0.924. The van der Waals surface area contributed by atoms with Crippen molar-refractivity contribution in [1.82, 2.24) is 9.13 Å². The molecule has 0 radical (unpaired) electrons. The van der Waals surface area contributed by atoms with E-state index in [1.165, 1.54) is 112 Å². The van der Waals surface area contributed by atoms with Gasteiger partial charge < -0.3 is 14.0 Å². The molecule has 6 heteroatoms. The van der Waals surface area contributed by atoms with Gasteiger partial charge in [-0.15, -0.1) is 11.3 Å². The number of rotatable bonds is 9. The SMILES string of the molecule is c1ccc(-c2cccc(-c3cccc(-c4cccc(-c5ccccc5)c4)c3N3c4cc(-n5c6ccccc6c6cc(-c7ccccc7)ccc65)ccc4B4c5ccc6sc7ccccc7c6c5Sc5cc(-n6c7ccccc7c7cc(-c8ccccc8)ccc76)cc3c54)c2)cc1. The lowest BCUT2D eigenvalue weighted by Crippen LogP contribution is -2.60. The third kappa shape index (κ3) is 8.62. The van der Waals surface area contributed by atoms with E-state index < -0.39 is 0 Å². The first-order valence-corrected chi connectivity index (χ1v) is 34.6. The molecule has 0 saturated carbocycles. The van der Waals surface area contributed by atoms with Gasteiger partial charge in [0.15, 0.2) is 0 Å². The van der Waals surface area contributed by atoms with Gasteiger partial charge in [0, 0.05) is 85.4 Å². The van der Waals surface area contributed by atoms with Gasteiger partial charge in [0.2, 0.25) is 6.71 Å². The first-order valence-electron chi connectivity index (χ1n) is 33.0. The third-order valence-electron chi connectivity index (χ3n) is 20.1. The van der Waals surface area contributed by atoms with Crippen molar-refractivity contribution in [3.63, 3.8) is 0 Å². The molecule has 5 heterocycles. The van der Waals surface area contributed by atoms with Crippen LogP contribution in [0.25, 0.3) is 142 Å². The Morgan fingerprint density at radius 3 is 1.29 bits per heavy atom. The van der Waals surface area contributed by atoms with E-state index >= 15 is 0 Å². The van der Waals surface area contributed by atoms with Crippen LogP contribution in [0.4, 0.5) is 17.1 Å². The van der Waals surface area contributed by atoms with Gasteiger partial charge >= 0.3 is 0 Å². The van der Waals surface area contributed by atoms with Crippen LogP contribution in [-0.2, 0) is 0 Å². The van der Waals surface area contributed by atoms with Gasteiger partial charge in [-0.25, -0.2) is 0 Å². The van der Waals surface area contributed by atoms with Gasteiger partial charge in [0.05, 0.1) is 27.8 Å². The monoisotopic (exact) mass is 1250 g/mol. The molecule has 0 N–H and O–H groups in total. The van der Waals surface area contributed by atoms with Crippen molar-refractivity contribution < 1.29 is 0 Å². The summed E-state index contributed by atoms with van der Waals surface area (Å²) >= 11 is 3.86. The Morgan fingerprint density at radius 2 is 0.719 bits per heavy atom. The van der Waals surface area contributed by atoms with Crippen LogP contribution in [0.5, 0.6) is 0 Å². The van der Waals surface area contributed by atoms with Crippen molar-refractivity contribution in [2.75, 3.05) is 4.90 Å². The molecule has 2 aliphatic heterocycles. The maximum absolute atomic E-state index is 2.71. The summed E-state index contributed by atoms with van der Waals surface area (Å²) in [7, 11) is 0. The second-order valence-corrected chi connectivity index (χ2v) is 27.6. The minimum absolute atomic E-state index is 0.125. The molecule has 0 amide bonds. The number of nitrogens with zero attached hydrogens (tertiary/aromatic N) is 3. The number of anilines is 3. The van der Waals surface area contributed by atoms with Crippen LogP contribution in [0.3, 0.4) is 0 Å². The Kier molecular flexibility index (Phi) is 12.6. The zero-order valence-electron chi connectivity index (χ0n) is 52.1. The predicted molar refractivity (Wildman–Crippen MR) is 411 cm³/mol. The molecule has 3 nitrogen and oxygen atoms in total. The smallest absolute Gasteiger partial charge is 0.249 e. The summed E-state index contributed by atoms with van der Waals surface area (Å²) < 4.78 is 7.68. The van der Waals surface area contributed by atoms with Crippen LogP contribution >= 0.6 is 23.1 Å². The first kappa shape index (κ1) is 54.8. The Bertz CT molecular complexity index is 6090.